The number of piperidine rings is 1. The monoisotopic (exact) mass is 472 g/mol. The van der Waals surface area contributed by atoms with Crippen LogP contribution in [0.25, 0.3) is 0 Å². The summed E-state index contributed by atoms with van der Waals surface area (Å²) in [5.74, 6) is -0.582. The van der Waals surface area contributed by atoms with Crippen LogP contribution in [0.1, 0.15) is 40.7 Å². The Hall–Kier alpha value is -3.68. The first kappa shape index (κ1) is 23.5. The van der Waals surface area contributed by atoms with Gasteiger partial charge in [-0.2, -0.15) is 18.4 Å². The number of aromatic nitrogens is 2. The summed E-state index contributed by atoms with van der Waals surface area (Å²) in [6, 6.07) is 4.70. The van der Waals surface area contributed by atoms with Crippen molar-refractivity contribution in [1.82, 2.24) is 20.2 Å². The summed E-state index contributed by atoms with van der Waals surface area (Å²) in [6.45, 7) is 1.31. The zero-order valence-corrected chi connectivity index (χ0v) is 18.5. The van der Waals surface area contributed by atoms with Crippen molar-refractivity contribution in [2.24, 2.45) is 5.41 Å². The molecule has 1 spiro atoms. The number of halogens is 3. The number of anilines is 1. The van der Waals surface area contributed by atoms with Gasteiger partial charge in [0, 0.05) is 44.8 Å². The fraction of sp³-hybridized carbons (Fsp3) is 0.435. The summed E-state index contributed by atoms with van der Waals surface area (Å²) < 4.78 is 40.1. The maximum atomic E-state index is 13.4. The zero-order chi connectivity index (χ0) is 24.5. The molecule has 2 amide bonds. The minimum absolute atomic E-state index is 0.258. The molecule has 1 unspecified atom stereocenters. The van der Waals surface area contributed by atoms with Gasteiger partial charge in [0.15, 0.2) is 0 Å². The Bertz CT molecular complexity index is 1120. The molecule has 8 nitrogen and oxygen atoms in total. The van der Waals surface area contributed by atoms with Crippen LogP contribution in [-0.2, 0) is 11.0 Å². The van der Waals surface area contributed by atoms with Crippen LogP contribution in [0.5, 0.6) is 0 Å². The lowest BCUT2D eigenvalue weighted by molar-refractivity contribution is -0.137. The fourth-order valence-corrected chi connectivity index (χ4v) is 4.91. The molecule has 2 aliphatic heterocycles. The van der Waals surface area contributed by atoms with Gasteiger partial charge in [-0.25, -0.2) is 9.97 Å². The molecule has 178 valence electrons. The van der Waals surface area contributed by atoms with Crippen molar-refractivity contribution in [3.63, 3.8) is 0 Å². The molecule has 0 aliphatic carbocycles. The number of nitriles is 1. The van der Waals surface area contributed by atoms with E-state index in [4.69, 9.17) is 5.26 Å². The van der Waals surface area contributed by atoms with Crippen LogP contribution in [0.3, 0.4) is 0 Å². The molecule has 1 aromatic heterocycles. The highest BCUT2D eigenvalue weighted by atomic mass is 19.4. The van der Waals surface area contributed by atoms with E-state index in [-0.39, 0.29) is 17.2 Å². The summed E-state index contributed by atoms with van der Waals surface area (Å²) in [4.78, 5) is 36.9. The molecule has 1 N–H and O–H groups in total. The number of likely N-dealkylation sites (tertiary alicyclic amines) is 1. The van der Waals surface area contributed by atoms with E-state index in [2.05, 4.69) is 15.3 Å². The molecule has 11 heteroatoms. The standard InChI is InChI=1S/C23H23F3N6O2/c1-28-20(33)19-9-22(13-32(19)21(34)16-11-29-14-30-12-16)4-6-31(7-5-22)17-3-2-15(10-27)18(8-17)23(24,25)26/h2-3,8,11-12,14,19H,4-7,9,13H2,1H3,(H,28,33). The first-order valence-corrected chi connectivity index (χ1v) is 10.8. The highest BCUT2D eigenvalue weighted by Gasteiger charge is 2.49. The Kier molecular flexibility index (Phi) is 6.17. The number of amides is 2. The number of benzene rings is 1. The first-order valence-electron chi connectivity index (χ1n) is 10.8. The maximum Gasteiger partial charge on any atom is 0.417 e. The van der Waals surface area contributed by atoms with Gasteiger partial charge in [-0.05, 0) is 42.9 Å². The minimum atomic E-state index is -4.62. The Balaban J connectivity index is 1.53. The number of rotatable bonds is 3. The van der Waals surface area contributed by atoms with Crippen LogP contribution in [0.4, 0.5) is 18.9 Å². The van der Waals surface area contributed by atoms with Crippen LogP contribution >= 0.6 is 0 Å². The van der Waals surface area contributed by atoms with Gasteiger partial charge in [-0.1, -0.05) is 0 Å². The lowest BCUT2D eigenvalue weighted by atomic mass is 9.76. The largest absolute Gasteiger partial charge is 0.417 e. The van der Waals surface area contributed by atoms with E-state index < -0.39 is 23.3 Å². The first-order chi connectivity index (χ1) is 16.2. The second-order valence-corrected chi connectivity index (χ2v) is 8.72. The molecule has 2 aromatic rings. The predicted molar refractivity (Wildman–Crippen MR) is 116 cm³/mol. The highest BCUT2D eigenvalue weighted by molar-refractivity contribution is 5.97. The van der Waals surface area contributed by atoms with Gasteiger partial charge in [-0.3, -0.25) is 9.59 Å². The number of likely N-dealkylation sites (N-methyl/N-ethyl adjacent to an activating group) is 1. The van der Waals surface area contributed by atoms with Crippen molar-refractivity contribution in [3.8, 4) is 6.07 Å². The van der Waals surface area contributed by atoms with Crippen LogP contribution < -0.4 is 10.2 Å². The highest BCUT2D eigenvalue weighted by Crippen LogP contribution is 2.45. The topological polar surface area (TPSA) is 102 Å². The third kappa shape index (κ3) is 4.40. The van der Waals surface area contributed by atoms with Crippen molar-refractivity contribution >= 4 is 17.5 Å². The van der Waals surface area contributed by atoms with Gasteiger partial charge in [0.2, 0.25) is 5.91 Å². The third-order valence-corrected chi connectivity index (χ3v) is 6.74. The Morgan fingerprint density at radius 3 is 2.47 bits per heavy atom. The van der Waals surface area contributed by atoms with Gasteiger partial charge in [0.1, 0.15) is 12.4 Å². The number of carbonyl (C=O) groups excluding carboxylic acids is 2. The normalized spacial score (nSPS) is 19.7. The Morgan fingerprint density at radius 1 is 1.21 bits per heavy atom. The average molecular weight is 472 g/mol. The van der Waals surface area contributed by atoms with Gasteiger partial charge < -0.3 is 15.1 Å². The summed E-state index contributed by atoms with van der Waals surface area (Å²) >= 11 is 0. The molecule has 0 bridgehead atoms. The number of nitrogens with one attached hydrogen (secondary N) is 1. The second kappa shape index (κ2) is 8.93. The van der Waals surface area contributed by atoms with Crippen LogP contribution in [0, 0.1) is 16.7 Å². The summed E-state index contributed by atoms with van der Waals surface area (Å²) in [7, 11) is 1.52. The van der Waals surface area contributed by atoms with Gasteiger partial charge in [0.05, 0.1) is 22.8 Å². The molecule has 0 saturated carbocycles. The van der Waals surface area contributed by atoms with Crippen molar-refractivity contribution in [2.75, 3.05) is 31.6 Å². The molecule has 2 aliphatic rings. The molecule has 34 heavy (non-hydrogen) atoms. The molecule has 3 heterocycles. The van der Waals surface area contributed by atoms with E-state index in [1.54, 1.807) is 11.0 Å². The molecule has 1 atom stereocenters. The van der Waals surface area contributed by atoms with Crippen LogP contribution in [-0.4, -0.2) is 59.4 Å². The molecule has 0 radical (unpaired) electrons. The Morgan fingerprint density at radius 2 is 1.88 bits per heavy atom. The summed E-state index contributed by atoms with van der Waals surface area (Å²) in [6.07, 6.45) is 1.21. The third-order valence-electron chi connectivity index (χ3n) is 6.74. The zero-order valence-electron chi connectivity index (χ0n) is 18.5. The van der Waals surface area contributed by atoms with E-state index in [9.17, 15) is 22.8 Å². The predicted octanol–water partition coefficient (Wildman–Crippen LogP) is 2.61. The number of nitrogens with zero attached hydrogens (tertiary/aromatic N) is 5. The lowest BCUT2D eigenvalue weighted by Gasteiger charge is -2.40. The summed E-state index contributed by atoms with van der Waals surface area (Å²) in [5.41, 5.74) is -0.985. The fourth-order valence-electron chi connectivity index (χ4n) is 4.91. The Labute approximate surface area is 194 Å². The smallest absolute Gasteiger partial charge is 0.371 e. The van der Waals surface area contributed by atoms with E-state index in [0.29, 0.717) is 50.1 Å². The van der Waals surface area contributed by atoms with Gasteiger partial charge in [-0.15, -0.1) is 0 Å². The number of hydrogen-bond acceptors (Lipinski definition) is 6. The maximum absolute atomic E-state index is 13.4. The quantitative estimate of drug-likeness (QED) is 0.737. The average Bonchev–Trinajstić information content (AvgIpc) is 3.22. The van der Waals surface area contributed by atoms with Crippen molar-refractivity contribution in [2.45, 2.75) is 31.5 Å². The summed E-state index contributed by atoms with van der Waals surface area (Å²) in [5, 5.41) is 11.7. The minimum Gasteiger partial charge on any atom is -0.371 e. The van der Waals surface area contributed by atoms with Gasteiger partial charge in [0.25, 0.3) is 5.91 Å². The molecule has 2 fully saturated rings. The van der Waals surface area contributed by atoms with Gasteiger partial charge >= 0.3 is 6.18 Å². The SMILES string of the molecule is CNC(=O)C1CC2(CCN(c3ccc(C#N)c(C(F)(F)F)c3)CC2)CN1C(=O)c1cncnc1. The van der Waals surface area contributed by atoms with Crippen molar-refractivity contribution in [3.05, 3.63) is 53.6 Å². The van der Waals surface area contributed by atoms with Crippen LogP contribution in [0.2, 0.25) is 0 Å². The van der Waals surface area contributed by atoms with E-state index >= 15 is 0 Å². The molecule has 1 aromatic carbocycles. The van der Waals surface area contributed by atoms with Crippen LogP contribution in [0.15, 0.2) is 36.9 Å². The molecular formula is C23H23F3N6O2. The van der Waals surface area contributed by atoms with Crippen molar-refractivity contribution < 1.29 is 22.8 Å². The molecule has 2 saturated heterocycles. The van der Waals surface area contributed by atoms with Crippen molar-refractivity contribution in [1.29, 1.82) is 5.26 Å². The second-order valence-electron chi connectivity index (χ2n) is 8.72. The lowest BCUT2D eigenvalue weighted by Crippen LogP contribution is -2.45. The van der Waals surface area contributed by atoms with E-state index in [1.807, 2.05) is 4.90 Å². The molecular weight excluding hydrogens is 449 g/mol. The number of alkyl halides is 3. The number of hydrogen-bond donors (Lipinski definition) is 1. The van der Waals surface area contributed by atoms with E-state index in [0.717, 1.165) is 6.07 Å². The van der Waals surface area contributed by atoms with E-state index in [1.165, 1.54) is 37.9 Å². The molecule has 4 rings (SSSR count). The number of carbonyl (C=O) groups is 2.